The molecule has 1 heterocycles. The van der Waals surface area contributed by atoms with Crippen molar-refractivity contribution in [1.29, 1.82) is 0 Å². The molecule has 3 aromatic rings. The standard InChI is InChI=1S/C11H9Cl2NS.C9H12N2O.C2H6/c1-7-6-15-11(14-7)5-8-9(12)3-2-4-10(8)13;1-11(2)9-5-3-8(4-6-9)10-7-12;1-2/h2-4,6H,5H2,1H3;3-7H,1-2H3,(H,10,12);1-2H3. The molecule has 0 bridgehead atoms. The number of nitrogens with one attached hydrogen (secondary N) is 1. The zero-order chi connectivity index (χ0) is 21.8. The number of aromatic nitrogens is 1. The van der Waals surface area contributed by atoms with Gasteiger partial charge in [0.1, 0.15) is 0 Å². The maximum Gasteiger partial charge on any atom is 0.211 e. The Labute approximate surface area is 187 Å². The summed E-state index contributed by atoms with van der Waals surface area (Å²) in [5.41, 5.74) is 3.93. The van der Waals surface area contributed by atoms with Crippen molar-refractivity contribution in [2.75, 3.05) is 24.3 Å². The van der Waals surface area contributed by atoms with Crippen LogP contribution >= 0.6 is 34.5 Å². The van der Waals surface area contributed by atoms with Crippen molar-refractivity contribution < 1.29 is 4.79 Å². The van der Waals surface area contributed by atoms with Crippen LogP contribution in [0.5, 0.6) is 0 Å². The van der Waals surface area contributed by atoms with Gasteiger partial charge in [-0.2, -0.15) is 0 Å². The Morgan fingerprint density at radius 3 is 2.10 bits per heavy atom. The third-order valence-corrected chi connectivity index (χ3v) is 5.34. The lowest BCUT2D eigenvalue weighted by Gasteiger charge is -2.12. The second kappa shape index (κ2) is 13.2. The summed E-state index contributed by atoms with van der Waals surface area (Å²) in [6.07, 6.45) is 1.38. The predicted octanol–water partition coefficient (Wildman–Crippen LogP) is 6.70. The number of amides is 1. The number of halogens is 2. The molecule has 4 nitrogen and oxygen atoms in total. The van der Waals surface area contributed by atoms with E-state index in [1.54, 1.807) is 11.3 Å². The van der Waals surface area contributed by atoms with Gasteiger partial charge in [-0.15, -0.1) is 11.3 Å². The third kappa shape index (κ3) is 8.44. The predicted molar refractivity (Wildman–Crippen MR) is 128 cm³/mol. The zero-order valence-corrected chi connectivity index (χ0v) is 19.7. The second-order valence-electron chi connectivity index (χ2n) is 5.96. The molecule has 3 rings (SSSR count). The van der Waals surface area contributed by atoms with E-state index in [1.165, 1.54) is 0 Å². The molecule has 0 atom stereocenters. The van der Waals surface area contributed by atoms with Crippen molar-refractivity contribution in [2.24, 2.45) is 0 Å². The van der Waals surface area contributed by atoms with Crippen molar-refractivity contribution in [3.05, 3.63) is 74.2 Å². The minimum Gasteiger partial charge on any atom is -0.378 e. The summed E-state index contributed by atoms with van der Waals surface area (Å²) in [6, 6.07) is 13.2. The molecule has 156 valence electrons. The van der Waals surface area contributed by atoms with Gasteiger partial charge in [-0.3, -0.25) is 4.79 Å². The van der Waals surface area contributed by atoms with Crippen LogP contribution in [0, 0.1) is 6.92 Å². The number of thiazole rings is 1. The van der Waals surface area contributed by atoms with Crippen molar-refractivity contribution in [3.8, 4) is 0 Å². The Morgan fingerprint density at radius 2 is 1.66 bits per heavy atom. The number of aryl methyl sites for hydroxylation is 1. The summed E-state index contributed by atoms with van der Waals surface area (Å²) in [5.74, 6) is 0. The lowest BCUT2D eigenvalue weighted by Crippen LogP contribution is -2.08. The molecule has 1 N–H and O–H groups in total. The highest BCUT2D eigenvalue weighted by Crippen LogP contribution is 2.27. The van der Waals surface area contributed by atoms with E-state index in [-0.39, 0.29) is 0 Å². The van der Waals surface area contributed by atoms with Gasteiger partial charge in [-0.05, 0) is 48.9 Å². The van der Waals surface area contributed by atoms with Crippen LogP contribution in [-0.2, 0) is 11.2 Å². The number of rotatable bonds is 5. The van der Waals surface area contributed by atoms with Gasteiger partial charge in [0.05, 0.1) is 5.01 Å². The molecule has 0 aliphatic rings. The quantitative estimate of drug-likeness (QED) is 0.439. The highest BCUT2D eigenvalue weighted by Gasteiger charge is 2.08. The zero-order valence-electron chi connectivity index (χ0n) is 17.4. The van der Waals surface area contributed by atoms with Crippen molar-refractivity contribution in [3.63, 3.8) is 0 Å². The fourth-order valence-corrected chi connectivity index (χ4v) is 3.57. The van der Waals surface area contributed by atoms with Crippen LogP contribution in [0.1, 0.15) is 30.1 Å². The molecule has 0 unspecified atom stereocenters. The molecule has 7 heteroatoms. The van der Waals surface area contributed by atoms with E-state index in [1.807, 2.05) is 87.6 Å². The largest absolute Gasteiger partial charge is 0.378 e. The molecule has 1 aromatic heterocycles. The molecule has 0 fully saturated rings. The Kier molecular flexibility index (Phi) is 11.4. The van der Waals surface area contributed by atoms with E-state index < -0.39 is 0 Å². The highest BCUT2D eigenvalue weighted by atomic mass is 35.5. The lowest BCUT2D eigenvalue weighted by molar-refractivity contribution is -0.105. The number of hydrogen-bond donors (Lipinski definition) is 1. The van der Waals surface area contributed by atoms with Gasteiger partial charge in [0.15, 0.2) is 0 Å². The summed E-state index contributed by atoms with van der Waals surface area (Å²) >= 11 is 13.8. The van der Waals surface area contributed by atoms with Crippen LogP contribution < -0.4 is 10.2 Å². The maximum absolute atomic E-state index is 10.1. The van der Waals surface area contributed by atoms with Crippen LogP contribution in [0.2, 0.25) is 10.0 Å². The first-order chi connectivity index (χ1) is 13.9. The number of carbonyl (C=O) groups is 1. The summed E-state index contributed by atoms with van der Waals surface area (Å²) < 4.78 is 0. The fourth-order valence-electron chi connectivity index (χ4n) is 2.26. The number of nitrogens with zero attached hydrogens (tertiary/aromatic N) is 2. The molecule has 0 saturated carbocycles. The van der Waals surface area contributed by atoms with Crippen LogP contribution in [0.15, 0.2) is 47.8 Å². The molecule has 0 radical (unpaired) electrons. The normalized spacial score (nSPS) is 9.48. The molecule has 2 aromatic carbocycles. The van der Waals surface area contributed by atoms with Gasteiger partial charge >= 0.3 is 0 Å². The lowest BCUT2D eigenvalue weighted by atomic mass is 10.1. The Balaban J connectivity index is 0.000000273. The summed E-state index contributed by atoms with van der Waals surface area (Å²) in [6.45, 7) is 5.98. The average Bonchev–Trinajstić information content (AvgIpc) is 3.12. The molecule has 0 aliphatic carbocycles. The van der Waals surface area contributed by atoms with Crippen LogP contribution in [-0.4, -0.2) is 25.5 Å². The molecule has 1 amide bonds. The summed E-state index contributed by atoms with van der Waals surface area (Å²) in [5, 5.41) is 7.05. The van der Waals surface area contributed by atoms with E-state index in [4.69, 9.17) is 23.2 Å². The smallest absolute Gasteiger partial charge is 0.211 e. The van der Waals surface area contributed by atoms with Crippen LogP contribution in [0.3, 0.4) is 0 Å². The number of carbonyl (C=O) groups excluding carboxylic acids is 1. The first kappa shape index (κ1) is 25.0. The van der Waals surface area contributed by atoms with E-state index in [2.05, 4.69) is 10.3 Å². The Bertz CT molecular complexity index is 860. The Hall–Kier alpha value is -2.08. The Morgan fingerprint density at radius 1 is 1.07 bits per heavy atom. The third-order valence-electron chi connectivity index (χ3n) is 3.67. The molecule has 0 saturated heterocycles. The van der Waals surface area contributed by atoms with Gasteiger partial charge in [0.25, 0.3) is 0 Å². The highest BCUT2D eigenvalue weighted by molar-refractivity contribution is 7.09. The van der Waals surface area contributed by atoms with Crippen molar-refractivity contribution >= 4 is 52.3 Å². The van der Waals surface area contributed by atoms with Crippen molar-refractivity contribution in [1.82, 2.24) is 4.98 Å². The van der Waals surface area contributed by atoms with Crippen LogP contribution in [0.4, 0.5) is 11.4 Å². The van der Waals surface area contributed by atoms with E-state index in [0.717, 1.165) is 27.6 Å². The van der Waals surface area contributed by atoms with Crippen LogP contribution in [0.25, 0.3) is 0 Å². The topological polar surface area (TPSA) is 45.2 Å². The summed E-state index contributed by atoms with van der Waals surface area (Å²) in [7, 11) is 3.95. The van der Waals surface area contributed by atoms with E-state index >= 15 is 0 Å². The van der Waals surface area contributed by atoms with Crippen molar-refractivity contribution in [2.45, 2.75) is 27.2 Å². The van der Waals surface area contributed by atoms with Gasteiger partial charge in [-0.1, -0.05) is 43.1 Å². The molecule has 0 aliphatic heterocycles. The van der Waals surface area contributed by atoms with Gasteiger partial charge in [0.2, 0.25) is 6.41 Å². The molecular formula is C22H27Cl2N3OS. The monoisotopic (exact) mass is 451 g/mol. The number of anilines is 2. The minimum atomic E-state index is 0.671. The SMILES string of the molecule is CC.CN(C)c1ccc(NC=O)cc1.Cc1csc(Cc2c(Cl)cccc2Cl)n1. The fraction of sp³-hybridized carbons (Fsp3) is 0.273. The minimum absolute atomic E-state index is 0.671. The van der Waals surface area contributed by atoms with E-state index in [9.17, 15) is 4.79 Å². The number of benzene rings is 2. The van der Waals surface area contributed by atoms with E-state index in [0.29, 0.717) is 22.9 Å². The molecule has 0 spiro atoms. The summed E-state index contributed by atoms with van der Waals surface area (Å²) in [4.78, 5) is 16.5. The first-order valence-corrected chi connectivity index (χ1v) is 10.9. The molecular weight excluding hydrogens is 425 g/mol. The first-order valence-electron chi connectivity index (χ1n) is 9.22. The second-order valence-corrected chi connectivity index (χ2v) is 7.72. The number of hydrogen-bond acceptors (Lipinski definition) is 4. The van der Waals surface area contributed by atoms with Gasteiger partial charge in [0, 0.05) is 53.0 Å². The average molecular weight is 452 g/mol. The van der Waals surface area contributed by atoms with Gasteiger partial charge < -0.3 is 10.2 Å². The maximum atomic E-state index is 10.1. The van der Waals surface area contributed by atoms with Gasteiger partial charge in [-0.25, -0.2) is 4.98 Å². The molecule has 29 heavy (non-hydrogen) atoms.